The van der Waals surface area contributed by atoms with Gasteiger partial charge in [0.15, 0.2) is 0 Å². The van der Waals surface area contributed by atoms with Crippen LogP contribution in [0.3, 0.4) is 0 Å². The summed E-state index contributed by atoms with van der Waals surface area (Å²) in [5.74, 6) is 0.572. The van der Waals surface area contributed by atoms with Crippen molar-refractivity contribution in [2.75, 3.05) is 0 Å². The minimum absolute atomic E-state index is 0.572. The van der Waals surface area contributed by atoms with E-state index < -0.39 is 0 Å². The zero-order chi connectivity index (χ0) is 67.7. The summed E-state index contributed by atoms with van der Waals surface area (Å²) in [6, 6.07) is 102. The Labute approximate surface area is 597 Å². The van der Waals surface area contributed by atoms with Crippen LogP contribution in [0.5, 0.6) is 5.75 Å². The van der Waals surface area contributed by atoms with E-state index in [4.69, 9.17) is 40.6 Å². The predicted octanol–water partition coefficient (Wildman–Crippen LogP) is 27.1. The summed E-state index contributed by atoms with van der Waals surface area (Å²) in [4.78, 5) is 0. The van der Waals surface area contributed by atoms with Crippen LogP contribution in [0.2, 0.25) is 0 Å². The minimum atomic E-state index is 0.572. The van der Waals surface area contributed by atoms with Gasteiger partial charge in [-0.25, -0.2) is 0 Å². The Bertz CT molecular complexity index is 7120. The molecule has 9 nitrogen and oxygen atoms in total. The van der Waals surface area contributed by atoms with Crippen LogP contribution in [-0.4, -0.2) is 12.7 Å². The SMILES string of the molecule is Brc1ccc2oc3c(ccc4oc5ccc(Br)cc5c43)c2c1.O[B]Oc1ccc2oc3ccc(-c4ccccc4)cc3c2c1.c1ccc(-c2ccc3oc4ccc(-c5ccc6oc7c(ccc8oc9ccc(-c%10ccc%11oc%12ccc(-c%13ccccc%13)cc%12c%11c%10)cc9c87)c6c5)cc4c3c2)cc1. The summed E-state index contributed by atoms with van der Waals surface area (Å²) >= 11 is 7.06. The van der Waals surface area contributed by atoms with Crippen LogP contribution in [0.15, 0.2) is 337 Å². The monoisotopic (exact) mass is 1440 g/mol. The number of fused-ring (bicyclic) bond motifs is 23. The van der Waals surface area contributed by atoms with Gasteiger partial charge in [-0.3, -0.25) is 0 Å². The minimum Gasteiger partial charge on any atom is -0.537 e. The van der Waals surface area contributed by atoms with Crippen LogP contribution in [0.1, 0.15) is 0 Å². The Balaban J connectivity index is 0.000000128. The molecule has 7 heterocycles. The third-order valence-corrected chi connectivity index (χ3v) is 20.6. The molecular weight excluding hydrogens is 1400 g/mol. The highest BCUT2D eigenvalue weighted by Gasteiger charge is 2.21. The third-order valence-electron chi connectivity index (χ3n) is 19.6. The first-order valence-electron chi connectivity index (χ1n) is 33.4. The molecule has 15 aromatic carbocycles. The van der Waals surface area contributed by atoms with Crippen molar-refractivity contribution < 1.29 is 40.6 Å². The average molecular weight is 1450 g/mol. The molecule has 0 aliphatic carbocycles. The highest BCUT2D eigenvalue weighted by Crippen LogP contribution is 2.46. The van der Waals surface area contributed by atoms with Gasteiger partial charge in [-0.05, 0) is 219 Å². The molecule has 0 aliphatic rings. The summed E-state index contributed by atoms with van der Waals surface area (Å²) < 4.78 is 50.7. The summed E-state index contributed by atoms with van der Waals surface area (Å²) in [7, 11) is 0.679. The van der Waals surface area contributed by atoms with Gasteiger partial charge in [0.1, 0.15) is 83.9 Å². The first-order valence-corrected chi connectivity index (χ1v) is 35.0. The standard InChI is InChI=1S/C54H30O4.C18H12BO3.C18H8Br2O2/c1-3-7-31(8-4-1)33-11-18-46-41(25-33)43-28-36(13-20-48(43)55-46)35-15-22-50-40(27-35)39-17-24-52-53(54(39)58-50)45-30-38(16-23-51(45)57-52)37-14-21-49-44(29-37)42-26-34(12-19-47(42)56-49)32-9-5-2-6-10-32;20-19-22-14-7-9-18-16(11-14)15-10-13(6-8-17(15)21-18)12-4-2-1-3-5-12;19-9-1-4-14-12(7-9)11-3-6-16-17(18(11)22-14)13-8-10(20)2-5-15(13)21-16/h1-30H;1-11,20H;1-8H. The molecule has 0 bridgehead atoms. The van der Waals surface area contributed by atoms with Gasteiger partial charge in [0, 0.05) is 73.6 Å². The third kappa shape index (κ3) is 10.2. The fraction of sp³-hybridized carbons (Fsp3) is 0. The molecule has 0 saturated heterocycles. The van der Waals surface area contributed by atoms with Crippen LogP contribution in [0, 0.1) is 0 Å². The van der Waals surface area contributed by atoms with Crippen LogP contribution >= 0.6 is 31.9 Å². The second-order valence-corrected chi connectivity index (χ2v) is 27.4. The number of furan rings is 7. The van der Waals surface area contributed by atoms with Gasteiger partial charge in [-0.1, -0.05) is 165 Å². The molecule has 22 rings (SSSR count). The maximum atomic E-state index is 8.78. The van der Waals surface area contributed by atoms with E-state index in [1.165, 1.54) is 22.3 Å². The molecule has 12 heteroatoms. The van der Waals surface area contributed by atoms with Crippen LogP contribution < -0.4 is 4.65 Å². The lowest BCUT2D eigenvalue weighted by atomic mass is 9.98. The van der Waals surface area contributed by atoms with Crippen molar-refractivity contribution in [1.82, 2.24) is 0 Å². The van der Waals surface area contributed by atoms with E-state index in [1.807, 2.05) is 78.9 Å². The lowest BCUT2D eigenvalue weighted by molar-refractivity contribution is 0.454. The summed E-state index contributed by atoms with van der Waals surface area (Å²) in [5, 5.41) is 23.6. The van der Waals surface area contributed by atoms with E-state index >= 15 is 0 Å². The molecule has 22 aromatic rings. The van der Waals surface area contributed by atoms with Crippen molar-refractivity contribution in [3.8, 4) is 61.4 Å². The van der Waals surface area contributed by atoms with E-state index in [1.54, 1.807) is 6.07 Å². The van der Waals surface area contributed by atoms with Crippen molar-refractivity contribution in [3.63, 3.8) is 0 Å². The molecule has 1 radical (unpaired) electrons. The van der Waals surface area contributed by atoms with Crippen molar-refractivity contribution in [3.05, 3.63) is 306 Å². The Morgan fingerprint density at radius 1 is 0.216 bits per heavy atom. The Hall–Kier alpha value is -12.3. The average Bonchev–Trinajstić information content (AvgIpc) is 1.58. The number of benzene rings is 15. The Morgan fingerprint density at radius 2 is 0.471 bits per heavy atom. The quantitative estimate of drug-likeness (QED) is 0.155. The zero-order valence-electron chi connectivity index (χ0n) is 53.8. The smallest absolute Gasteiger partial charge is 0.537 e. The van der Waals surface area contributed by atoms with Gasteiger partial charge in [-0.15, -0.1) is 0 Å². The molecule has 0 unspecified atom stereocenters. The van der Waals surface area contributed by atoms with Gasteiger partial charge < -0.3 is 40.6 Å². The molecular formula is C90H50BBr2O9. The zero-order valence-corrected chi connectivity index (χ0v) is 57.0. The van der Waals surface area contributed by atoms with Gasteiger partial charge in [0.05, 0.1) is 10.8 Å². The number of hydrogen-bond donors (Lipinski definition) is 1. The second kappa shape index (κ2) is 24.0. The van der Waals surface area contributed by atoms with Crippen molar-refractivity contribution in [1.29, 1.82) is 0 Å². The topological polar surface area (TPSA) is 121 Å². The Morgan fingerprint density at radius 3 is 0.843 bits per heavy atom. The molecule has 0 aliphatic heterocycles. The molecule has 0 atom stereocenters. The van der Waals surface area contributed by atoms with Gasteiger partial charge in [-0.2, -0.15) is 0 Å². The molecule has 0 amide bonds. The number of halogens is 2. The maximum Gasteiger partial charge on any atom is 0.569 e. The molecule has 0 saturated carbocycles. The van der Waals surface area contributed by atoms with Crippen molar-refractivity contribution in [2.24, 2.45) is 0 Å². The van der Waals surface area contributed by atoms with E-state index in [0.29, 0.717) is 13.4 Å². The van der Waals surface area contributed by atoms with Crippen LogP contribution in [0.25, 0.3) is 209 Å². The van der Waals surface area contributed by atoms with Gasteiger partial charge >= 0.3 is 7.69 Å². The fourth-order valence-corrected chi connectivity index (χ4v) is 15.5. The molecule has 1 N–H and O–H groups in total. The number of rotatable bonds is 7. The summed E-state index contributed by atoms with van der Waals surface area (Å²) in [6.07, 6.45) is 0. The largest absolute Gasteiger partial charge is 0.569 e. The van der Waals surface area contributed by atoms with E-state index in [0.717, 1.165) is 196 Å². The predicted molar refractivity (Wildman–Crippen MR) is 421 cm³/mol. The fourth-order valence-electron chi connectivity index (χ4n) is 14.7. The number of hydrogen-bond acceptors (Lipinski definition) is 9. The molecule has 7 aromatic heterocycles. The normalized spacial score (nSPS) is 11.9. The molecule has 0 spiro atoms. The lowest BCUT2D eigenvalue weighted by Crippen LogP contribution is -1.98. The second-order valence-electron chi connectivity index (χ2n) is 25.6. The van der Waals surface area contributed by atoms with Crippen LogP contribution in [0.4, 0.5) is 0 Å². The summed E-state index contributed by atoms with van der Waals surface area (Å²) in [6.45, 7) is 0. The van der Waals surface area contributed by atoms with E-state index in [2.05, 4.69) is 244 Å². The van der Waals surface area contributed by atoms with E-state index in [-0.39, 0.29) is 0 Å². The van der Waals surface area contributed by atoms with Gasteiger partial charge in [0.25, 0.3) is 0 Å². The Kier molecular flexibility index (Phi) is 14.0. The molecule has 0 fully saturated rings. The summed E-state index contributed by atoms with van der Waals surface area (Å²) in [5.41, 5.74) is 23.4. The molecule has 102 heavy (non-hydrogen) atoms. The van der Waals surface area contributed by atoms with E-state index in [9.17, 15) is 0 Å². The maximum absolute atomic E-state index is 8.78. The van der Waals surface area contributed by atoms with Crippen molar-refractivity contribution in [2.45, 2.75) is 0 Å². The lowest BCUT2D eigenvalue weighted by Gasteiger charge is -2.03. The first kappa shape index (κ1) is 59.7. The van der Waals surface area contributed by atoms with Gasteiger partial charge in [0.2, 0.25) is 0 Å². The molecule has 481 valence electrons. The highest BCUT2D eigenvalue weighted by molar-refractivity contribution is 9.10. The van der Waals surface area contributed by atoms with Crippen LogP contribution in [-0.2, 0) is 0 Å². The highest BCUT2D eigenvalue weighted by atomic mass is 79.9. The van der Waals surface area contributed by atoms with Crippen molar-refractivity contribution >= 4 is 193 Å². The first-order chi connectivity index (χ1) is 50.2.